The third-order valence-corrected chi connectivity index (χ3v) is 5.08. The Hall–Kier alpha value is -1.63. The molecule has 21 heavy (non-hydrogen) atoms. The highest BCUT2D eigenvalue weighted by Gasteiger charge is 2.22. The Bertz CT molecular complexity index is 721. The number of nitriles is 1. The molecule has 0 bridgehead atoms. The van der Waals surface area contributed by atoms with Crippen molar-refractivity contribution in [3.63, 3.8) is 0 Å². The van der Waals surface area contributed by atoms with Gasteiger partial charge in [0.15, 0.2) is 0 Å². The summed E-state index contributed by atoms with van der Waals surface area (Å²) in [6.07, 6.45) is 1.02. The van der Waals surface area contributed by atoms with Crippen molar-refractivity contribution in [2.24, 2.45) is 0 Å². The monoisotopic (exact) mass is 314 g/mol. The fraction of sp³-hybridized carbons (Fsp3) is 0.235. The number of halogens is 1. The van der Waals surface area contributed by atoms with Gasteiger partial charge in [-0.05, 0) is 48.7 Å². The van der Waals surface area contributed by atoms with E-state index in [0.29, 0.717) is 0 Å². The normalized spacial score (nSPS) is 16.9. The zero-order chi connectivity index (χ0) is 14.8. The highest BCUT2D eigenvalue weighted by Crippen LogP contribution is 2.39. The summed E-state index contributed by atoms with van der Waals surface area (Å²) in [4.78, 5) is 1.27. The van der Waals surface area contributed by atoms with Gasteiger partial charge in [-0.25, -0.2) is 0 Å². The number of fused-ring (bicyclic) bond motifs is 1. The van der Waals surface area contributed by atoms with Crippen LogP contribution in [0.25, 0.3) is 0 Å². The first-order chi connectivity index (χ1) is 10.2. The zero-order valence-corrected chi connectivity index (χ0v) is 13.3. The topological polar surface area (TPSA) is 35.8 Å². The number of rotatable bonds is 2. The predicted molar refractivity (Wildman–Crippen MR) is 89.1 cm³/mol. The molecule has 2 aromatic rings. The van der Waals surface area contributed by atoms with Crippen molar-refractivity contribution in [3.05, 3.63) is 58.1 Å². The minimum atomic E-state index is 0.203. The van der Waals surface area contributed by atoms with E-state index < -0.39 is 0 Å². The van der Waals surface area contributed by atoms with Gasteiger partial charge in [0.25, 0.3) is 0 Å². The summed E-state index contributed by atoms with van der Waals surface area (Å²) < 4.78 is 0. The Morgan fingerprint density at radius 1 is 1.33 bits per heavy atom. The van der Waals surface area contributed by atoms with E-state index in [-0.39, 0.29) is 6.04 Å². The Balaban J connectivity index is 1.96. The average molecular weight is 315 g/mol. The van der Waals surface area contributed by atoms with Crippen molar-refractivity contribution >= 4 is 29.1 Å². The van der Waals surface area contributed by atoms with Crippen molar-refractivity contribution in [2.75, 3.05) is 11.1 Å². The molecule has 0 aliphatic carbocycles. The highest BCUT2D eigenvalue weighted by molar-refractivity contribution is 7.99. The lowest BCUT2D eigenvalue weighted by atomic mass is 10.0. The van der Waals surface area contributed by atoms with Gasteiger partial charge in [-0.2, -0.15) is 5.26 Å². The van der Waals surface area contributed by atoms with Crippen LogP contribution in [-0.2, 0) is 0 Å². The summed E-state index contributed by atoms with van der Waals surface area (Å²) in [6.45, 7) is 1.96. The maximum Gasteiger partial charge on any atom is 0.102 e. The molecule has 4 heteroatoms. The van der Waals surface area contributed by atoms with E-state index in [1.54, 1.807) is 0 Å². The van der Waals surface area contributed by atoms with Crippen LogP contribution >= 0.6 is 23.4 Å². The van der Waals surface area contributed by atoms with Gasteiger partial charge < -0.3 is 5.32 Å². The number of nitrogens with zero attached hydrogens (tertiary/aromatic N) is 1. The summed E-state index contributed by atoms with van der Waals surface area (Å²) >= 11 is 8.00. The van der Waals surface area contributed by atoms with E-state index in [9.17, 15) is 5.26 Å². The molecule has 0 amide bonds. The largest absolute Gasteiger partial charge is 0.377 e. The highest BCUT2D eigenvalue weighted by atomic mass is 35.5. The van der Waals surface area contributed by atoms with Crippen LogP contribution in [-0.4, -0.2) is 5.75 Å². The van der Waals surface area contributed by atoms with Crippen molar-refractivity contribution in [1.82, 2.24) is 0 Å². The summed E-state index contributed by atoms with van der Waals surface area (Å²) in [5, 5.41) is 13.6. The molecule has 0 saturated carbocycles. The van der Waals surface area contributed by atoms with Crippen LogP contribution < -0.4 is 5.32 Å². The number of anilines is 1. The van der Waals surface area contributed by atoms with Gasteiger partial charge >= 0.3 is 0 Å². The first-order valence-corrected chi connectivity index (χ1v) is 8.24. The molecule has 2 nitrogen and oxygen atoms in total. The summed E-state index contributed by atoms with van der Waals surface area (Å²) in [7, 11) is 0. The van der Waals surface area contributed by atoms with E-state index >= 15 is 0 Å². The van der Waals surface area contributed by atoms with Gasteiger partial charge in [0, 0.05) is 15.7 Å². The predicted octanol–water partition coefficient (Wildman–Crippen LogP) is 5.17. The van der Waals surface area contributed by atoms with Gasteiger partial charge in [0.2, 0.25) is 0 Å². The van der Waals surface area contributed by atoms with Gasteiger partial charge in [-0.3, -0.25) is 0 Å². The lowest BCUT2D eigenvalue weighted by Gasteiger charge is -2.27. The van der Waals surface area contributed by atoms with Crippen LogP contribution in [0.15, 0.2) is 41.3 Å². The summed E-state index contributed by atoms with van der Waals surface area (Å²) in [6, 6.07) is 14.5. The maximum absolute atomic E-state index is 9.35. The van der Waals surface area contributed by atoms with Crippen LogP contribution in [0.5, 0.6) is 0 Å². The number of hydrogen-bond acceptors (Lipinski definition) is 3. The first-order valence-electron chi connectivity index (χ1n) is 6.87. The minimum absolute atomic E-state index is 0.203. The molecule has 2 aromatic carbocycles. The molecule has 0 saturated heterocycles. The number of hydrogen-bond donors (Lipinski definition) is 1. The molecule has 1 aliphatic heterocycles. The minimum Gasteiger partial charge on any atom is -0.377 e. The molecule has 0 aromatic heterocycles. The lowest BCUT2D eigenvalue weighted by molar-refractivity contribution is 0.728. The molecule has 1 aliphatic rings. The van der Waals surface area contributed by atoms with E-state index in [2.05, 4.69) is 17.5 Å². The second-order valence-electron chi connectivity index (χ2n) is 5.13. The van der Waals surface area contributed by atoms with E-state index in [0.717, 1.165) is 34.0 Å². The Morgan fingerprint density at radius 3 is 3.00 bits per heavy atom. The number of benzene rings is 2. The van der Waals surface area contributed by atoms with Crippen molar-refractivity contribution in [1.29, 1.82) is 5.26 Å². The molecule has 1 unspecified atom stereocenters. The quantitative estimate of drug-likeness (QED) is 0.830. The molecule has 1 heterocycles. The van der Waals surface area contributed by atoms with Crippen LogP contribution in [0.3, 0.4) is 0 Å². The first kappa shape index (κ1) is 14.3. The van der Waals surface area contributed by atoms with E-state index in [1.165, 1.54) is 10.5 Å². The Labute approximate surface area is 134 Å². The van der Waals surface area contributed by atoms with Crippen molar-refractivity contribution < 1.29 is 0 Å². The Kier molecular flexibility index (Phi) is 4.10. The van der Waals surface area contributed by atoms with E-state index in [1.807, 2.05) is 49.0 Å². The van der Waals surface area contributed by atoms with Crippen LogP contribution in [0.4, 0.5) is 5.69 Å². The van der Waals surface area contributed by atoms with Gasteiger partial charge in [-0.15, -0.1) is 11.8 Å². The van der Waals surface area contributed by atoms with Crippen LogP contribution in [0.1, 0.15) is 29.2 Å². The number of nitrogens with one attached hydrogen (secondary N) is 1. The lowest BCUT2D eigenvalue weighted by Crippen LogP contribution is -2.17. The molecular formula is C17H15ClN2S. The molecule has 0 radical (unpaired) electrons. The second-order valence-corrected chi connectivity index (χ2v) is 6.70. The smallest absolute Gasteiger partial charge is 0.102 e. The SMILES string of the molecule is Cc1cccc(NC2CCSc3ccc(Cl)cc32)c1C#N. The third-order valence-electron chi connectivity index (χ3n) is 3.73. The molecule has 3 rings (SSSR count). The molecule has 1 atom stereocenters. The molecule has 0 spiro atoms. The van der Waals surface area contributed by atoms with Crippen molar-refractivity contribution in [2.45, 2.75) is 24.3 Å². The average Bonchev–Trinajstić information content (AvgIpc) is 2.48. The second kappa shape index (κ2) is 6.01. The maximum atomic E-state index is 9.35. The van der Waals surface area contributed by atoms with Gasteiger partial charge in [0.05, 0.1) is 17.3 Å². The van der Waals surface area contributed by atoms with Crippen LogP contribution in [0.2, 0.25) is 5.02 Å². The fourth-order valence-corrected chi connectivity index (χ4v) is 3.93. The Morgan fingerprint density at radius 2 is 2.19 bits per heavy atom. The molecule has 0 fully saturated rings. The third kappa shape index (κ3) is 2.88. The number of aryl methyl sites for hydroxylation is 1. The summed E-state index contributed by atoms with van der Waals surface area (Å²) in [5.74, 6) is 1.07. The van der Waals surface area contributed by atoms with Crippen LogP contribution in [0, 0.1) is 18.3 Å². The molecule has 1 N–H and O–H groups in total. The fourth-order valence-electron chi connectivity index (χ4n) is 2.64. The summed E-state index contributed by atoms with van der Waals surface area (Å²) in [5.41, 5.74) is 3.85. The zero-order valence-electron chi connectivity index (χ0n) is 11.7. The van der Waals surface area contributed by atoms with E-state index in [4.69, 9.17) is 11.6 Å². The van der Waals surface area contributed by atoms with Gasteiger partial charge in [-0.1, -0.05) is 23.7 Å². The molecule has 106 valence electrons. The van der Waals surface area contributed by atoms with Crippen molar-refractivity contribution in [3.8, 4) is 6.07 Å². The number of thioether (sulfide) groups is 1. The standard InChI is InChI=1S/C17H15ClN2S/c1-11-3-2-4-15(14(11)10-19)20-16-7-8-21-17-6-5-12(18)9-13(16)17/h2-6,9,16,20H,7-8H2,1H3. The molecular weight excluding hydrogens is 300 g/mol. The van der Waals surface area contributed by atoms with Gasteiger partial charge in [0.1, 0.15) is 6.07 Å².